The fraction of sp³-hybridized carbons (Fsp3) is 0.333. The largest absolute Gasteiger partial charge is 0.493 e. The Kier molecular flexibility index (Phi) is 6.09. The average Bonchev–Trinajstić information content (AvgIpc) is 2.48. The van der Waals surface area contributed by atoms with Gasteiger partial charge < -0.3 is 10.1 Å². The molecule has 0 saturated carbocycles. The summed E-state index contributed by atoms with van der Waals surface area (Å²) < 4.78 is 5.86. The molecule has 0 aliphatic rings. The van der Waals surface area contributed by atoms with Crippen LogP contribution >= 0.6 is 11.6 Å². The van der Waals surface area contributed by atoms with Crippen LogP contribution in [0.15, 0.2) is 48.5 Å². The second-order valence-corrected chi connectivity index (χ2v) is 5.91. The van der Waals surface area contributed by atoms with Crippen LogP contribution in [0.4, 0.5) is 0 Å². The highest BCUT2D eigenvalue weighted by molar-refractivity contribution is 6.31. The predicted molar refractivity (Wildman–Crippen MR) is 88.8 cm³/mol. The van der Waals surface area contributed by atoms with Crippen molar-refractivity contribution in [2.75, 3.05) is 6.61 Å². The Labute approximate surface area is 132 Å². The van der Waals surface area contributed by atoms with Crippen molar-refractivity contribution in [1.29, 1.82) is 0 Å². The summed E-state index contributed by atoms with van der Waals surface area (Å²) in [7, 11) is 0. The van der Waals surface area contributed by atoms with E-state index in [1.807, 2.05) is 42.5 Å². The Bertz CT molecular complexity index is 569. The van der Waals surface area contributed by atoms with Gasteiger partial charge in [-0.2, -0.15) is 0 Å². The maximum absolute atomic E-state index is 6.16. The first-order valence-electron chi connectivity index (χ1n) is 7.31. The van der Waals surface area contributed by atoms with Crippen LogP contribution in [0, 0.1) is 5.92 Å². The van der Waals surface area contributed by atoms with Gasteiger partial charge >= 0.3 is 0 Å². The van der Waals surface area contributed by atoms with Crippen molar-refractivity contribution in [3.63, 3.8) is 0 Å². The Morgan fingerprint density at radius 3 is 2.29 bits per heavy atom. The molecule has 0 saturated heterocycles. The molecule has 3 heteroatoms. The number of para-hydroxylation sites is 1. The second kappa shape index (κ2) is 8.06. The fourth-order valence-electron chi connectivity index (χ4n) is 2.02. The van der Waals surface area contributed by atoms with Crippen LogP contribution in [0.2, 0.25) is 5.02 Å². The molecule has 1 N–H and O–H groups in total. The maximum atomic E-state index is 6.16. The van der Waals surface area contributed by atoms with Gasteiger partial charge in [-0.25, -0.2) is 0 Å². The minimum absolute atomic E-state index is 0.522. The Morgan fingerprint density at radius 1 is 0.952 bits per heavy atom. The Hall–Kier alpha value is -1.51. The summed E-state index contributed by atoms with van der Waals surface area (Å²) in [5, 5.41) is 4.22. The van der Waals surface area contributed by atoms with Crippen molar-refractivity contribution >= 4 is 11.6 Å². The topological polar surface area (TPSA) is 21.3 Å². The van der Waals surface area contributed by atoms with Gasteiger partial charge in [-0.15, -0.1) is 0 Å². The summed E-state index contributed by atoms with van der Waals surface area (Å²) >= 11 is 6.16. The zero-order chi connectivity index (χ0) is 15.1. The van der Waals surface area contributed by atoms with Crippen LogP contribution in [-0.2, 0) is 13.1 Å². The van der Waals surface area contributed by atoms with E-state index in [0.29, 0.717) is 5.92 Å². The summed E-state index contributed by atoms with van der Waals surface area (Å²) in [4.78, 5) is 0. The van der Waals surface area contributed by atoms with Crippen LogP contribution in [0.1, 0.15) is 25.0 Å². The molecule has 0 fully saturated rings. The second-order valence-electron chi connectivity index (χ2n) is 5.51. The van der Waals surface area contributed by atoms with Crippen LogP contribution in [-0.4, -0.2) is 6.61 Å². The zero-order valence-electron chi connectivity index (χ0n) is 12.6. The molecule has 0 aromatic heterocycles. The SMILES string of the molecule is CC(C)COc1ccccc1CNCc1ccccc1Cl. The number of ether oxygens (including phenoxy) is 1. The molecule has 0 atom stereocenters. The van der Waals surface area contributed by atoms with Gasteiger partial charge in [-0.3, -0.25) is 0 Å². The summed E-state index contributed by atoms with van der Waals surface area (Å²) in [6.45, 7) is 6.55. The van der Waals surface area contributed by atoms with Crippen LogP contribution in [0.25, 0.3) is 0 Å². The lowest BCUT2D eigenvalue weighted by Gasteiger charge is -2.14. The van der Waals surface area contributed by atoms with Gasteiger partial charge in [0.1, 0.15) is 5.75 Å². The molecule has 112 valence electrons. The molecule has 0 radical (unpaired) electrons. The number of rotatable bonds is 7. The molecule has 21 heavy (non-hydrogen) atoms. The zero-order valence-corrected chi connectivity index (χ0v) is 13.4. The maximum Gasteiger partial charge on any atom is 0.123 e. The molecule has 2 aromatic carbocycles. The van der Waals surface area contributed by atoms with E-state index in [1.54, 1.807) is 0 Å². The lowest BCUT2D eigenvalue weighted by molar-refractivity contribution is 0.268. The molecule has 2 aromatic rings. The van der Waals surface area contributed by atoms with E-state index in [9.17, 15) is 0 Å². The molecule has 0 aliphatic heterocycles. The molecule has 0 heterocycles. The fourth-order valence-corrected chi connectivity index (χ4v) is 2.22. The Balaban J connectivity index is 1.92. The molecule has 0 amide bonds. The van der Waals surface area contributed by atoms with E-state index in [0.717, 1.165) is 36.0 Å². The molecule has 0 unspecified atom stereocenters. The first-order chi connectivity index (χ1) is 10.2. The van der Waals surface area contributed by atoms with Gasteiger partial charge in [0.2, 0.25) is 0 Å². The molecule has 0 spiro atoms. The third kappa shape index (κ3) is 5.07. The quantitative estimate of drug-likeness (QED) is 0.803. The van der Waals surface area contributed by atoms with Crippen molar-refractivity contribution in [1.82, 2.24) is 5.32 Å². The van der Waals surface area contributed by atoms with Crippen molar-refractivity contribution in [3.05, 3.63) is 64.7 Å². The highest BCUT2D eigenvalue weighted by atomic mass is 35.5. The third-order valence-corrected chi connectivity index (χ3v) is 3.50. The molecule has 0 bridgehead atoms. The standard InChI is InChI=1S/C18H22ClNO/c1-14(2)13-21-18-10-6-4-8-16(18)12-20-11-15-7-3-5-9-17(15)19/h3-10,14,20H,11-13H2,1-2H3. The van der Waals surface area contributed by atoms with Gasteiger partial charge in [-0.1, -0.05) is 61.8 Å². The minimum atomic E-state index is 0.522. The monoisotopic (exact) mass is 303 g/mol. The van der Waals surface area contributed by atoms with E-state index < -0.39 is 0 Å². The molecular formula is C18H22ClNO. The van der Waals surface area contributed by atoms with E-state index in [-0.39, 0.29) is 0 Å². The molecule has 2 rings (SSSR count). The smallest absolute Gasteiger partial charge is 0.123 e. The van der Waals surface area contributed by atoms with Crippen LogP contribution in [0.5, 0.6) is 5.75 Å². The van der Waals surface area contributed by atoms with Crippen LogP contribution in [0.3, 0.4) is 0 Å². The number of halogens is 1. The lowest BCUT2D eigenvalue weighted by Crippen LogP contribution is -2.14. The third-order valence-electron chi connectivity index (χ3n) is 3.13. The van der Waals surface area contributed by atoms with Gasteiger partial charge in [-0.05, 0) is 23.6 Å². The van der Waals surface area contributed by atoms with E-state index in [4.69, 9.17) is 16.3 Å². The van der Waals surface area contributed by atoms with Gasteiger partial charge in [0.05, 0.1) is 6.61 Å². The highest BCUT2D eigenvalue weighted by Gasteiger charge is 2.04. The van der Waals surface area contributed by atoms with E-state index >= 15 is 0 Å². The van der Waals surface area contributed by atoms with Gasteiger partial charge in [0, 0.05) is 23.7 Å². The summed E-state index contributed by atoms with van der Waals surface area (Å²) in [6, 6.07) is 16.1. The van der Waals surface area contributed by atoms with Crippen LogP contribution < -0.4 is 10.1 Å². The summed E-state index contributed by atoms with van der Waals surface area (Å²) in [5.74, 6) is 1.48. The lowest BCUT2D eigenvalue weighted by atomic mass is 10.1. The first kappa shape index (κ1) is 15.9. The van der Waals surface area contributed by atoms with Crippen molar-refractivity contribution in [2.24, 2.45) is 5.92 Å². The molecule has 2 nitrogen and oxygen atoms in total. The van der Waals surface area contributed by atoms with E-state index in [1.165, 1.54) is 5.56 Å². The van der Waals surface area contributed by atoms with Crippen molar-refractivity contribution < 1.29 is 4.74 Å². The molecular weight excluding hydrogens is 282 g/mol. The average molecular weight is 304 g/mol. The summed E-state index contributed by atoms with van der Waals surface area (Å²) in [5.41, 5.74) is 2.28. The highest BCUT2D eigenvalue weighted by Crippen LogP contribution is 2.19. The Morgan fingerprint density at radius 2 is 1.57 bits per heavy atom. The first-order valence-corrected chi connectivity index (χ1v) is 7.69. The van der Waals surface area contributed by atoms with E-state index in [2.05, 4.69) is 25.2 Å². The number of hydrogen-bond donors (Lipinski definition) is 1. The number of benzene rings is 2. The number of hydrogen-bond acceptors (Lipinski definition) is 2. The van der Waals surface area contributed by atoms with Crippen molar-refractivity contribution in [3.8, 4) is 5.75 Å². The van der Waals surface area contributed by atoms with Gasteiger partial charge in [0.25, 0.3) is 0 Å². The minimum Gasteiger partial charge on any atom is -0.493 e. The summed E-state index contributed by atoms with van der Waals surface area (Å²) in [6.07, 6.45) is 0. The van der Waals surface area contributed by atoms with Gasteiger partial charge in [0.15, 0.2) is 0 Å². The normalized spacial score (nSPS) is 10.9. The molecule has 0 aliphatic carbocycles. The predicted octanol–water partition coefficient (Wildman–Crippen LogP) is 4.66. The number of nitrogens with one attached hydrogen (secondary N) is 1. The van der Waals surface area contributed by atoms with Crippen molar-refractivity contribution in [2.45, 2.75) is 26.9 Å².